The highest BCUT2D eigenvalue weighted by Crippen LogP contribution is 2.18. The van der Waals surface area contributed by atoms with Crippen LogP contribution < -0.4 is 5.32 Å². The van der Waals surface area contributed by atoms with E-state index in [1.54, 1.807) is 0 Å². The summed E-state index contributed by atoms with van der Waals surface area (Å²) >= 11 is 0. The lowest BCUT2D eigenvalue weighted by molar-refractivity contribution is 0.0202. The van der Waals surface area contributed by atoms with E-state index in [1.807, 2.05) is 0 Å². The monoisotopic (exact) mass is 213 g/mol. The van der Waals surface area contributed by atoms with Crippen LogP contribution in [-0.2, 0) is 9.47 Å². The molecule has 0 radical (unpaired) electrons. The molecule has 0 spiro atoms. The van der Waals surface area contributed by atoms with Crippen molar-refractivity contribution >= 4 is 0 Å². The van der Waals surface area contributed by atoms with E-state index >= 15 is 0 Å². The minimum atomic E-state index is 0.746. The standard InChI is InChI=1S/C12H23NO2/c1(6-13-12-2-3-12)7-15-10-11-4-8-14-9-5-11/h11-13H,1-10H2. The highest BCUT2D eigenvalue weighted by atomic mass is 16.5. The number of rotatable bonds is 7. The molecular formula is C12H23NO2. The van der Waals surface area contributed by atoms with Gasteiger partial charge in [-0.3, -0.25) is 0 Å². The molecule has 15 heavy (non-hydrogen) atoms. The molecule has 0 aromatic carbocycles. The molecule has 1 N–H and O–H groups in total. The van der Waals surface area contributed by atoms with Crippen molar-refractivity contribution in [1.82, 2.24) is 5.32 Å². The highest BCUT2D eigenvalue weighted by Gasteiger charge is 2.19. The van der Waals surface area contributed by atoms with E-state index in [-0.39, 0.29) is 0 Å². The zero-order valence-corrected chi connectivity index (χ0v) is 9.54. The van der Waals surface area contributed by atoms with E-state index in [2.05, 4.69) is 5.32 Å². The van der Waals surface area contributed by atoms with Gasteiger partial charge >= 0.3 is 0 Å². The Balaban J connectivity index is 1.37. The molecular weight excluding hydrogens is 190 g/mol. The fraction of sp³-hybridized carbons (Fsp3) is 1.00. The van der Waals surface area contributed by atoms with Gasteiger partial charge in [0.2, 0.25) is 0 Å². The molecule has 1 saturated carbocycles. The SMILES string of the molecule is C(CNC1CC1)COCC1CCOCC1. The summed E-state index contributed by atoms with van der Waals surface area (Å²) in [7, 11) is 0. The first-order chi connectivity index (χ1) is 7.45. The molecule has 0 unspecified atom stereocenters. The summed E-state index contributed by atoms with van der Waals surface area (Å²) in [4.78, 5) is 0. The molecule has 1 saturated heterocycles. The molecule has 0 aromatic rings. The fourth-order valence-electron chi connectivity index (χ4n) is 1.93. The van der Waals surface area contributed by atoms with Crippen LogP contribution >= 0.6 is 0 Å². The Morgan fingerprint density at radius 2 is 1.93 bits per heavy atom. The first-order valence-corrected chi connectivity index (χ1v) is 6.34. The molecule has 3 heteroatoms. The van der Waals surface area contributed by atoms with Crippen LogP contribution in [0.4, 0.5) is 0 Å². The molecule has 3 nitrogen and oxygen atoms in total. The van der Waals surface area contributed by atoms with E-state index in [1.165, 1.54) is 25.7 Å². The lowest BCUT2D eigenvalue weighted by Crippen LogP contribution is -2.22. The predicted molar refractivity (Wildman–Crippen MR) is 60.0 cm³/mol. The van der Waals surface area contributed by atoms with Crippen molar-refractivity contribution < 1.29 is 9.47 Å². The third-order valence-corrected chi connectivity index (χ3v) is 3.17. The lowest BCUT2D eigenvalue weighted by atomic mass is 10.0. The van der Waals surface area contributed by atoms with Crippen molar-refractivity contribution in [3.8, 4) is 0 Å². The van der Waals surface area contributed by atoms with Crippen LogP contribution in [0.25, 0.3) is 0 Å². The van der Waals surface area contributed by atoms with Crippen LogP contribution in [0.2, 0.25) is 0 Å². The Bertz CT molecular complexity index is 165. The van der Waals surface area contributed by atoms with Gasteiger partial charge in [-0.1, -0.05) is 0 Å². The first kappa shape index (κ1) is 11.4. The Labute approximate surface area is 92.5 Å². The van der Waals surface area contributed by atoms with Gasteiger partial charge in [-0.2, -0.15) is 0 Å². The molecule has 2 rings (SSSR count). The number of hydrogen-bond acceptors (Lipinski definition) is 3. The Hall–Kier alpha value is -0.120. The molecule has 1 heterocycles. The van der Waals surface area contributed by atoms with Crippen molar-refractivity contribution in [3.63, 3.8) is 0 Å². The molecule has 1 aliphatic heterocycles. The average molecular weight is 213 g/mol. The maximum absolute atomic E-state index is 5.68. The van der Waals surface area contributed by atoms with Crippen LogP contribution in [0.3, 0.4) is 0 Å². The van der Waals surface area contributed by atoms with Crippen LogP contribution in [0, 0.1) is 5.92 Å². The highest BCUT2D eigenvalue weighted by molar-refractivity contribution is 4.80. The third-order valence-electron chi connectivity index (χ3n) is 3.17. The maximum atomic E-state index is 5.68. The summed E-state index contributed by atoms with van der Waals surface area (Å²) in [6.07, 6.45) is 6.27. The normalized spacial score (nSPS) is 23.2. The van der Waals surface area contributed by atoms with Crippen molar-refractivity contribution in [1.29, 1.82) is 0 Å². The van der Waals surface area contributed by atoms with Crippen molar-refractivity contribution in [3.05, 3.63) is 0 Å². The maximum Gasteiger partial charge on any atom is 0.0495 e. The van der Waals surface area contributed by atoms with Crippen molar-refractivity contribution in [2.45, 2.75) is 38.1 Å². The Morgan fingerprint density at radius 3 is 2.67 bits per heavy atom. The van der Waals surface area contributed by atoms with Gasteiger partial charge in [-0.25, -0.2) is 0 Å². The minimum Gasteiger partial charge on any atom is -0.381 e. The zero-order valence-electron chi connectivity index (χ0n) is 9.54. The summed E-state index contributed by atoms with van der Waals surface area (Å²) in [5, 5.41) is 3.50. The second kappa shape index (κ2) is 6.46. The molecule has 2 aliphatic rings. The minimum absolute atomic E-state index is 0.746. The topological polar surface area (TPSA) is 30.5 Å². The second-order valence-corrected chi connectivity index (χ2v) is 4.71. The van der Waals surface area contributed by atoms with E-state index in [0.29, 0.717) is 0 Å². The van der Waals surface area contributed by atoms with Crippen molar-refractivity contribution in [2.75, 3.05) is 33.0 Å². The summed E-state index contributed by atoms with van der Waals surface area (Å²) in [6.45, 7) is 4.83. The van der Waals surface area contributed by atoms with Gasteiger partial charge < -0.3 is 14.8 Å². The van der Waals surface area contributed by atoms with Crippen LogP contribution in [0.15, 0.2) is 0 Å². The van der Waals surface area contributed by atoms with E-state index in [4.69, 9.17) is 9.47 Å². The number of nitrogens with one attached hydrogen (secondary N) is 1. The van der Waals surface area contributed by atoms with E-state index in [0.717, 1.165) is 51.4 Å². The molecule has 0 bridgehead atoms. The largest absolute Gasteiger partial charge is 0.381 e. The smallest absolute Gasteiger partial charge is 0.0495 e. The molecule has 0 amide bonds. The lowest BCUT2D eigenvalue weighted by Gasteiger charge is -2.21. The van der Waals surface area contributed by atoms with Crippen LogP contribution in [0.1, 0.15) is 32.1 Å². The van der Waals surface area contributed by atoms with Gasteiger partial charge in [0.05, 0.1) is 0 Å². The molecule has 0 atom stereocenters. The quantitative estimate of drug-likeness (QED) is 0.651. The molecule has 0 aromatic heterocycles. The van der Waals surface area contributed by atoms with Gasteiger partial charge in [-0.05, 0) is 44.6 Å². The van der Waals surface area contributed by atoms with Gasteiger partial charge in [0.1, 0.15) is 0 Å². The summed E-state index contributed by atoms with van der Waals surface area (Å²) < 4.78 is 11.0. The van der Waals surface area contributed by atoms with E-state index in [9.17, 15) is 0 Å². The summed E-state index contributed by atoms with van der Waals surface area (Å²) in [5.74, 6) is 0.746. The Morgan fingerprint density at radius 1 is 1.13 bits per heavy atom. The van der Waals surface area contributed by atoms with Crippen LogP contribution in [-0.4, -0.2) is 39.0 Å². The molecule has 2 fully saturated rings. The van der Waals surface area contributed by atoms with Crippen molar-refractivity contribution in [2.24, 2.45) is 5.92 Å². The number of ether oxygens (including phenoxy) is 2. The zero-order chi connectivity index (χ0) is 10.3. The van der Waals surface area contributed by atoms with Gasteiger partial charge in [0.15, 0.2) is 0 Å². The molecule has 1 aliphatic carbocycles. The summed E-state index contributed by atoms with van der Waals surface area (Å²) in [5.41, 5.74) is 0. The van der Waals surface area contributed by atoms with Gasteiger partial charge in [-0.15, -0.1) is 0 Å². The molecule has 88 valence electrons. The van der Waals surface area contributed by atoms with Gasteiger partial charge in [0.25, 0.3) is 0 Å². The fourth-order valence-corrected chi connectivity index (χ4v) is 1.93. The Kier molecular flexibility index (Phi) is 4.90. The average Bonchev–Trinajstić information content (AvgIpc) is 3.09. The van der Waals surface area contributed by atoms with Crippen LogP contribution in [0.5, 0.6) is 0 Å². The first-order valence-electron chi connectivity index (χ1n) is 6.34. The number of hydrogen-bond donors (Lipinski definition) is 1. The van der Waals surface area contributed by atoms with E-state index < -0.39 is 0 Å². The summed E-state index contributed by atoms with van der Waals surface area (Å²) in [6, 6.07) is 0.834. The second-order valence-electron chi connectivity index (χ2n) is 4.71. The third kappa shape index (κ3) is 4.96. The predicted octanol–water partition coefficient (Wildman–Crippen LogP) is 1.57. The van der Waals surface area contributed by atoms with Gasteiger partial charge in [0, 0.05) is 32.5 Å².